The van der Waals surface area contributed by atoms with E-state index in [4.69, 9.17) is 0 Å². The lowest BCUT2D eigenvalue weighted by Crippen LogP contribution is -2.32. The number of nitro groups is 1. The second-order valence-corrected chi connectivity index (χ2v) is 6.83. The van der Waals surface area contributed by atoms with Crippen LogP contribution in [0.15, 0.2) is 72.6 Å². The van der Waals surface area contributed by atoms with Gasteiger partial charge in [0.1, 0.15) is 5.70 Å². The number of carbonyl (C=O) groups excluding carboxylic acids is 2. The molecule has 10 heteroatoms. The molecule has 0 spiro atoms. The third kappa shape index (κ3) is 3.93. The van der Waals surface area contributed by atoms with Crippen LogP contribution in [0.3, 0.4) is 0 Å². The third-order valence-electron chi connectivity index (χ3n) is 4.77. The van der Waals surface area contributed by atoms with Gasteiger partial charge in [0.15, 0.2) is 11.6 Å². The molecule has 0 atom stereocenters. The number of aromatic nitrogens is 1. The van der Waals surface area contributed by atoms with Crippen LogP contribution < -0.4 is 5.32 Å². The molecule has 32 heavy (non-hydrogen) atoms. The van der Waals surface area contributed by atoms with Gasteiger partial charge in [0.25, 0.3) is 17.5 Å². The molecule has 0 fully saturated rings. The lowest BCUT2D eigenvalue weighted by molar-refractivity contribution is -0.384. The van der Waals surface area contributed by atoms with Gasteiger partial charge in [-0.05, 0) is 42.0 Å². The molecule has 0 unspecified atom stereocenters. The largest absolute Gasteiger partial charge is 0.350 e. The molecule has 160 valence electrons. The van der Waals surface area contributed by atoms with E-state index in [2.05, 4.69) is 10.3 Å². The Balaban J connectivity index is 1.76. The number of hydrogen-bond donors (Lipinski definition) is 1. The number of amides is 2. The van der Waals surface area contributed by atoms with Gasteiger partial charge in [0.05, 0.1) is 22.7 Å². The molecule has 2 amide bonds. The Bertz CT molecular complexity index is 1260. The normalized spacial score (nSPS) is 13.6. The van der Waals surface area contributed by atoms with E-state index in [1.54, 1.807) is 18.2 Å². The average molecular weight is 436 g/mol. The summed E-state index contributed by atoms with van der Waals surface area (Å²) < 4.78 is 27.0. The molecule has 0 saturated carbocycles. The number of non-ortho nitro benzene ring substituents is 1. The van der Waals surface area contributed by atoms with E-state index >= 15 is 0 Å². The Hall–Kier alpha value is -4.47. The summed E-state index contributed by atoms with van der Waals surface area (Å²) in [4.78, 5) is 41.7. The number of nitrogens with one attached hydrogen (secondary N) is 1. The maximum atomic E-state index is 13.7. The van der Waals surface area contributed by atoms with Crippen LogP contribution in [0.2, 0.25) is 0 Å². The first-order chi connectivity index (χ1) is 15.3. The van der Waals surface area contributed by atoms with Crippen LogP contribution in [0.5, 0.6) is 0 Å². The molecule has 0 saturated heterocycles. The van der Waals surface area contributed by atoms with Crippen molar-refractivity contribution in [3.8, 4) is 0 Å². The zero-order valence-electron chi connectivity index (χ0n) is 16.3. The minimum absolute atomic E-state index is 0.0504. The van der Waals surface area contributed by atoms with Gasteiger partial charge in [-0.15, -0.1) is 0 Å². The second kappa shape index (κ2) is 8.34. The van der Waals surface area contributed by atoms with Crippen molar-refractivity contribution in [1.82, 2.24) is 9.88 Å². The predicted octanol–water partition coefficient (Wildman–Crippen LogP) is 3.66. The van der Waals surface area contributed by atoms with Gasteiger partial charge in [-0.3, -0.25) is 29.6 Å². The highest BCUT2D eigenvalue weighted by atomic mass is 19.2. The quantitative estimate of drug-likeness (QED) is 0.359. The predicted molar refractivity (Wildman–Crippen MR) is 110 cm³/mol. The van der Waals surface area contributed by atoms with Crippen molar-refractivity contribution >= 4 is 28.8 Å². The highest BCUT2D eigenvalue weighted by Crippen LogP contribution is 2.32. The minimum atomic E-state index is -1.13. The van der Waals surface area contributed by atoms with Gasteiger partial charge in [-0.1, -0.05) is 6.07 Å². The molecule has 0 aliphatic carbocycles. The summed E-state index contributed by atoms with van der Waals surface area (Å²) in [6.45, 7) is -0.113. The molecule has 1 N–H and O–H groups in total. The Morgan fingerprint density at radius 2 is 1.72 bits per heavy atom. The van der Waals surface area contributed by atoms with E-state index < -0.39 is 28.4 Å². The van der Waals surface area contributed by atoms with E-state index in [-0.39, 0.29) is 34.8 Å². The van der Waals surface area contributed by atoms with Crippen molar-refractivity contribution in [2.75, 3.05) is 5.32 Å². The number of imide groups is 1. The van der Waals surface area contributed by atoms with Crippen LogP contribution in [0, 0.1) is 21.7 Å². The molecular weight excluding hydrogens is 422 g/mol. The topological polar surface area (TPSA) is 105 Å². The Labute approximate surface area is 180 Å². The number of halogens is 2. The van der Waals surface area contributed by atoms with Gasteiger partial charge < -0.3 is 5.32 Å². The van der Waals surface area contributed by atoms with Crippen LogP contribution in [0.4, 0.5) is 20.2 Å². The fourth-order valence-corrected chi connectivity index (χ4v) is 3.23. The minimum Gasteiger partial charge on any atom is -0.350 e. The maximum absolute atomic E-state index is 13.7. The number of rotatable bonds is 6. The Morgan fingerprint density at radius 1 is 0.969 bits per heavy atom. The molecule has 8 nitrogen and oxygen atoms in total. The van der Waals surface area contributed by atoms with Crippen molar-refractivity contribution in [3.63, 3.8) is 0 Å². The summed E-state index contributed by atoms with van der Waals surface area (Å²) in [5.41, 5.74) is 0.371. The number of nitrogens with zero attached hydrogens (tertiary/aromatic N) is 3. The van der Waals surface area contributed by atoms with Crippen LogP contribution in [-0.2, 0) is 16.1 Å². The fourth-order valence-electron chi connectivity index (χ4n) is 3.23. The van der Waals surface area contributed by atoms with Gasteiger partial charge in [0.2, 0.25) is 0 Å². The molecule has 3 aromatic rings. The van der Waals surface area contributed by atoms with Crippen LogP contribution >= 0.6 is 0 Å². The number of nitro benzene ring substituents is 1. The summed E-state index contributed by atoms with van der Waals surface area (Å²) in [5, 5.41) is 13.6. The number of pyridine rings is 1. The summed E-state index contributed by atoms with van der Waals surface area (Å²) in [7, 11) is 0. The Kier molecular flexibility index (Phi) is 5.42. The molecule has 2 aromatic carbocycles. The van der Waals surface area contributed by atoms with Crippen molar-refractivity contribution in [3.05, 3.63) is 106 Å². The summed E-state index contributed by atoms with van der Waals surface area (Å²) >= 11 is 0. The maximum Gasteiger partial charge on any atom is 0.278 e. The lowest BCUT2D eigenvalue weighted by Gasteiger charge is -2.14. The Morgan fingerprint density at radius 3 is 2.34 bits per heavy atom. The SMILES string of the molecule is O=C1C(Nc2ccc(F)c(F)c2)=C(c2ccc([N+](=O)[O-])cc2)C(=O)N1Cc1ccccn1. The summed E-state index contributed by atoms with van der Waals surface area (Å²) in [5.74, 6) is -3.54. The first-order valence-electron chi connectivity index (χ1n) is 9.32. The molecule has 1 aliphatic heterocycles. The molecular formula is C22H14F2N4O4. The van der Waals surface area contributed by atoms with Crippen molar-refractivity contribution in [1.29, 1.82) is 0 Å². The van der Waals surface area contributed by atoms with E-state index in [0.717, 1.165) is 17.0 Å². The number of benzene rings is 2. The van der Waals surface area contributed by atoms with Crippen molar-refractivity contribution in [2.45, 2.75) is 6.54 Å². The van der Waals surface area contributed by atoms with Crippen LogP contribution in [0.25, 0.3) is 5.57 Å². The average Bonchev–Trinajstić information content (AvgIpc) is 3.01. The zero-order valence-corrected chi connectivity index (χ0v) is 16.3. The molecule has 0 radical (unpaired) electrons. The smallest absolute Gasteiger partial charge is 0.278 e. The highest BCUT2D eigenvalue weighted by Gasteiger charge is 2.39. The summed E-state index contributed by atoms with van der Waals surface area (Å²) in [6.07, 6.45) is 1.52. The second-order valence-electron chi connectivity index (χ2n) is 6.83. The fraction of sp³-hybridized carbons (Fsp3) is 0.0455. The molecule has 1 aliphatic rings. The number of anilines is 1. The van der Waals surface area contributed by atoms with E-state index in [1.807, 2.05) is 0 Å². The van der Waals surface area contributed by atoms with Crippen LogP contribution in [0.1, 0.15) is 11.3 Å². The number of carbonyl (C=O) groups is 2. The van der Waals surface area contributed by atoms with Gasteiger partial charge in [-0.25, -0.2) is 8.78 Å². The monoisotopic (exact) mass is 436 g/mol. The van der Waals surface area contributed by atoms with Gasteiger partial charge >= 0.3 is 0 Å². The number of hydrogen-bond acceptors (Lipinski definition) is 6. The highest BCUT2D eigenvalue weighted by molar-refractivity contribution is 6.36. The summed E-state index contributed by atoms with van der Waals surface area (Å²) in [6, 6.07) is 13.1. The van der Waals surface area contributed by atoms with Crippen LogP contribution in [-0.4, -0.2) is 26.6 Å². The lowest BCUT2D eigenvalue weighted by atomic mass is 10.0. The molecule has 1 aromatic heterocycles. The first kappa shape index (κ1) is 20.8. The van der Waals surface area contributed by atoms with Gasteiger partial charge in [0, 0.05) is 30.1 Å². The van der Waals surface area contributed by atoms with E-state index in [1.165, 1.54) is 36.5 Å². The van der Waals surface area contributed by atoms with E-state index in [0.29, 0.717) is 5.69 Å². The molecule has 2 heterocycles. The zero-order chi connectivity index (χ0) is 22.8. The standard InChI is InChI=1S/C22H14F2N4O4/c23-17-9-6-14(11-18(17)24)26-20-19(13-4-7-16(8-5-13)28(31)32)21(29)27(22(20)30)12-15-3-1-2-10-25-15/h1-11,26H,12H2. The molecule has 4 rings (SSSR count). The van der Waals surface area contributed by atoms with Crippen molar-refractivity contribution in [2.24, 2.45) is 0 Å². The molecule has 0 bridgehead atoms. The van der Waals surface area contributed by atoms with E-state index in [9.17, 15) is 28.5 Å². The first-order valence-corrected chi connectivity index (χ1v) is 9.32. The van der Waals surface area contributed by atoms with Crippen molar-refractivity contribution < 1.29 is 23.3 Å². The third-order valence-corrected chi connectivity index (χ3v) is 4.77. The van der Waals surface area contributed by atoms with Gasteiger partial charge in [-0.2, -0.15) is 0 Å².